The molecule has 2 heterocycles. The zero-order valence-electron chi connectivity index (χ0n) is 14.2. The van der Waals surface area contributed by atoms with Crippen molar-refractivity contribution in [3.63, 3.8) is 0 Å². The minimum Gasteiger partial charge on any atom is -0.495 e. The molecule has 4 amide bonds. The standard InChI is InChI=1S/C18H17N3O4S/c1-11-7-8-26-15(11)9-13-17(23)21(18(24)20-13)10-16(22)19-12-5-3-4-6-14(12)25-2/h3-9H,10H2,1-2H3,(H,19,22)(H,20,24)/b13-9+. The molecule has 3 rings (SSSR count). The number of amides is 4. The Morgan fingerprint density at radius 2 is 2.08 bits per heavy atom. The Hall–Kier alpha value is -3.13. The smallest absolute Gasteiger partial charge is 0.329 e. The fourth-order valence-electron chi connectivity index (χ4n) is 2.46. The summed E-state index contributed by atoms with van der Waals surface area (Å²) in [6.45, 7) is 1.53. The molecule has 134 valence electrons. The van der Waals surface area contributed by atoms with Gasteiger partial charge < -0.3 is 15.4 Å². The molecule has 1 saturated heterocycles. The molecular weight excluding hydrogens is 354 g/mol. The molecule has 8 heteroatoms. The predicted molar refractivity (Wildman–Crippen MR) is 98.9 cm³/mol. The quantitative estimate of drug-likeness (QED) is 0.625. The third-order valence-corrected chi connectivity index (χ3v) is 4.79. The second kappa shape index (κ2) is 7.40. The van der Waals surface area contributed by atoms with E-state index in [2.05, 4.69) is 10.6 Å². The first-order valence-corrected chi connectivity index (χ1v) is 8.69. The summed E-state index contributed by atoms with van der Waals surface area (Å²) in [5, 5.41) is 7.06. The van der Waals surface area contributed by atoms with E-state index < -0.39 is 17.8 Å². The summed E-state index contributed by atoms with van der Waals surface area (Å²) in [5.74, 6) is -0.531. The molecule has 26 heavy (non-hydrogen) atoms. The Labute approximate surface area is 154 Å². The van der Waals surface area contributed by atoms with Gasteiger partial charge in [-0.1, -0.05) is 12.1 Å². The monoisotopic (exact) mass is 371 g/mol. The number of thiophene rings is 1. The number of urea groups is 1. The van der Waals surface area contributed by atoms with Crippen LogP contribution in [0.15, 0.2) is 41.4 Å². The molecule has 0 radical (unpaired) electrons. The number of carbonyl (C=O) groups is 3. The van der Waals surface area contributed by atoms with E-state index in [9.17, 15) is 14.4 Å². The van der Waals surface area contributed by atoms with E-state index in [1.54, 1.807) is 30.3 Å². The number of hydrogen-bond acceptors (Lipinski definition) is 5. The Bertz CT molecular complexity index is 903. The van der Waals surface area contributed by atoms with E-state index in [1.165, 1.54) is 18.4 Å². The van der Waals surface area contributed by atoms with Crippen LogP contribution in [0, 0.1) is 6.92 Å². The maximum atomic E-state index is 12.4. The largest absolute Gasteiger partial charge is 0.495 e. The van der Waals surface area contributed by atoms with E-state index >= 15 is 0 Å². The van der Waals surface area contributed by atoms with Crippen molar-refractivity contribution >= 4 is 40.9 Å². The third kappa shape index (κ3) is 3.60. The number of nitrogens with one attached hydrogen (secondary N) is 2. The van der Waals surface area contributed by atoms with Gasteiger partial charge in [0.15, 0.2) is 0 Å². The second-order valence-corrected chi connectivity index (χ2v) is 6.54. The maximum absolute atomic E-state index is 12.4. The summed E-state index contributed by atoms with van der Waals surface area (Å²) in [7, 11) is 1.49. The van der Waals surface area contributed by atoms with Crippen LogP contribution in [0.25, 0.3) is 6.08 Å². The van der Waals surface area contributed by atoms with Gasteiger partial charge in [-0.15, -0.1) is 11.3 Å². The lowest BCUT2D eigenvalue weighted by Crippen LogP contribution is -2.38. The molecule has 0 bridgehead atoms. The molecule has 0 saturated carbocycles. The number of benzene rings is 1. The third-order valence-electron chi connectivity index (χ3n) is 3.82. The highest BCUT2D eigenvalue weighted by Gasteiger charge is 2.35. The van der Waals surface area contributed by atoms with Crippen LogP contribution in [-0.4, -0.2) is 36.4 Å². The lowest BCUT2D eigenvalue weighted by molar-refractivity contribution is -0.127. The fraction of sp³-hybridized carbons (Fsp3) is 0.167. The molecule has 1 aliphatic heterocycles. The van der Waals surface area contributed by atoms with Crippen molar-refractivity contribution in [2.45, 2.75) is 6.92 Å². The van der Waals surface area contributed by atoms with Crippen LogP contribution in [-0.2, 0) is 9.59 Å². The molecule has 0 spiro atoms. The lowest BCUT2D eigenvalue weighted by atomic mass is 10.2. The van der Waals surface area contributed by atoms with Crippen LogP contribution < -0.4 is 15.4 Å². The summed E-state index contributed by atoms with van der Waals surface area (Å²) in [4.78, 5) is 38.5. The first-order valence-electron chi connectivity index (χ1n) is 7.81. The van der Waals surface area contributed by atoms with Gasteiger partial charge in [0.25, 0.3) is 5.91 Å². The van der Waals surface area contributed by atoms with Gasteiger partial charge in [-0.05, 0) is 42.1 Å². The first-order chi connectivity index (χ1) is 12.5. The van der Waals surface area contributed by atoms with E-state index in [0.29, 0.717) is 11.4 Å². The summed E-state index contributed by atoms with van der Waals surface area (Å²) < 4.78 is 5.16. The number of aryl methyl sites for hydroxylation is 1. The van der Waals surface area contributed by atoms with Crippen molar-refractivity contribution in [2.24, 2.45) is 0 Å². The van der Waals surface area contributed by atoms with Crippen LogP contribution in [0.4, 0.5) is 10.5 Å². The van der Waals surface area contributed by atoms with Gasteiger partial charge in [0.05, 0.1) is 12.8 Å². The van der Waals surface area contributed by atoms with Crippen LogP contribution >= 0.6 is 11.3 Å². The number of para-hydroxylation sites is 2. The van der Waals surface area contributed by atoms with Crippen molar-refractivity contribution in [1.29, 1.82) is 0 Å². The van der Waals surface area contributed by atoms with Crippen molar-refractivity contribution in [1.82, 2.24) is 10.2 Å². The number of rotatable bonds is 5. The maximum Gasteiger partial charge on any atom is 0.329 e. The number of nitrogens with zero attached hydrogens (tertiary/aromatic N) is 1. The molecule has 1 aliphatic rings. The normalized spacial score (nSPS) is 15.3. The summed E-state index contributed by atoms with van der Waals surface area (Å²) in [6.07, 6.45) is 1.62. The SMILES string of the molecule is COc1ccccc1NC(=O)CN1C(=O)N/C(=C/c2sccc2C)C1=O. The average Bonchev–Trinajstić information content (AvgIpc) is 3.14. The van der Waals surface area contributed by atoms with Crippen LogP contribution in [0.2, 0.25) is 0 Å². The summed E-state index contributed by atoms with van der Waals surface area (Å²) in [5.41, 5.74) is 1.64. The van der Waals surface area contributed by atoms with Crippen LogP contribution in [0.3, 0.4) is 0 Å². The van der Waals surface area contributed by atoms with Gasteiger partial charge in [-0.3, -0.25) is 9.59 Å². The van der Waals surface area contributed by atoms with Gasteiger partial charge >= 0.3 is 6.03 Å². The van der Waals surface area contributed by atoms with E-state index in [0.717, 1.165) is 15.3 Å². The molecular formula is C18H17N3O4S. The number of methoxy groups -OCH3 is 1. The van der Waals surface area contributed by atoms with E-state index in [4.69, 9.17) is 4.74 Å². The van der Waals surface area contributed by atoms with Crippen LogP contribution in [0.1, 0.15) is 10.4 Å². The highest BCUT2D eigenvalue weighted by molar-refractivity contribution is 7.11. The first kappa shape index (κ1) is 17.7. The predicted octanol–water partition coefficient (Wildman–Crippen LogP) is 2.60. The number of hydrogen-bond donors (Lipinski definition) is 2. The minimum absolute atomic E-state index is 0.158. The van der Waals surface area contributed by atoms with Crippen molar-refractivity contribution < 1.29 is 19.1 Å². The number of anilines is 1. The Morgan fingerprint density at radius 3 is 2.77 bits per heavy atom. The van der Waals surface area contributed by atoms with Crippen molar-refractivity contribution in [3.05, 3.63) is 51.8 Å². The number of carbonyl (C=O) groups excluding carboxylic acids is 3. The van der Waals surface area contributed by atoms with Gasteiger partial charge in [0, 0.05) is 4.88 Å². The molecule has 2 aromatic rings. The molecule has 0 aliphatic carbocycles. The molecule has 7 nitrogen and oxygen atoms in total. The molecule has 1 aromatic heterocycles. The molecule has 1 fully saturated rings. The molecule has 0 unspecified atom stereocenters. The highest BCUT2D eigenvalue weighted by Crippen LogP contribution is 2.24. The summed E-state index contributed by atoms with van der Waals surface area (Å²) >= 11 is 1.47. The topological polar surface area (TPSA) is 87.7 Å². The van der Waals surface area contributed by atoms with Crippen molar-refractivity contribution in [2.75, 3.05) is 19.0 Å². The van der Waals surface area contributed by atoms with Gasteiger partial charge in [-0.25, -0.2) is 9.69 Å². The van der Waals surface area contributed by atoms with E-state index in [-0.39, 0.29) is 12.2 Å². The average molecular weight is 371 g/mol. The number of imide groups is 1. The van der Waals surface area contributed by atoms with Gasteiger partial charge in [0.1, 0.15) is 18.0 Å². The Balaban J connectivity index is 1.71. The Morgan fingerprint density at radius 1 is 1.31 bits per heavy atom. The van der Waals surface area contributed by atoms with Gasteiger partial charge in [-0.2, -0.15) is 0 Å². The zero-order chi connectivity index (χ0) is 18.7. The van der Waals surface area contributed by atoms with E-state index in [1.807, 2.05) is 18.4 Å². The zero-order valence-corrected chi connectivity index (χ0v) is 15.1. The molecule has 1 aromatic carbocycles. The fourth-order valence-corrected chi connectivity index (χ4v) is 3.32. The lowest BCUT2D eigenvalue weighted by Gasteiger charge is -2.13. The minimum atomic E-state index is -0.620. The van der Waals surface area contributed by atoms with Gasteiger partial charge in [0.2, 0.25) is 5.91 Å². The number of ether oxygens (including phenoxy) is 1. The Kier molecular flexibility index (Phi) is 5.04. The summed E-state index contributed by atoms with van der Waals surface area (Å²) in [6, 6.07) is 8.20. The molecule has 2 N–H and O–H groups in total. The van der Waals surface area contributed by atoms with Crippen molar-refractivity contribution in [3.8, 4) is 5.75 Å². The highest BCUT2D eigenvalue weighted by atomic mass is 32.1. The second-order valence-electron chi connectivity index (χ2n) is 5.60. The molecule has 0 atom stereocenters. The van der Waals surface area contributed by atoms with Crippen LogP contribution in [0.5, 0.6) is 5.75 Å².